The Morgan fingerprint density at radius 1 is 0.810 bits per heavy atom. The molecule has 0 N–H and O–H groups in total. The second-order valence-electron chi connectivity index (χ2n) is 5.20. The smallest absolute Gasteiger partial charge is 0.157 e. The van der Waals surface area contributed by atoms with Crippen LogP contribution in [0.15, 0.2) is 72.1 Å². The molecular weight excluding hydrogens is 292 g/mol. The van der Waals surface area contributed by atoms with Gasteiger partial charge in [-0.05, 0) is 27.9 Å². The fourth-order valence-corrected chi connectivity index (χ4v) is 8.05. The summed E-state index contributed by atoms with van der Waals surface area (Å²) in [5, 5.41) is 5.03. The Hall–Kier alpha value is -1.84. The summed E-state index contributed by atoms with van der Waals surface area (Å²) >= 11 is 1.86. The van der Waals surface area contributed by atoms with Gasteiger partial charge in [-0.25, -0.2) is 0 Å². The van der Waals surface area contributed by atoms with Gasteiger partial charge in [0.1, 0.15) is 5.75 Å². The molecule has 0 amide bonds. The SMILES string of the molecule is COc1ccc([Si](C)(c2ccccc2)c2cccs2)cc1. The first-order chi connectivity index (χ1) is 10.2. The lowest BCUT2D eigenvalue weighted by Crippen LogP contribution is -2.63. The molecule has 1 nitrogen and oxygen atoms in total. The summed E-state index contributed by atoms with van der Waals surface area (Å²) < 4.78 is 6.78. The third-order valence-corrected chi connectivity index (χ3v) is 10.4. The van der Waals surface area contributed by atoms with Gasteiger partial charge in [0.15, 0.2) is 8.07 Å². The van der Waals surface area contributed by atoms with Crippen LogP contribution in [0.3, 0.4) is 0 Å². The molecule has 0 saturated carbocycles. The van der Waals surface area contributed by atoms with Crippen LogP contribution in [0, 0.1) is 0 Å². The Balaban J connectivity index is 2.16. The van der Waals surface area contributed by atoms with Gasteiger partial charge in [-0.15, -0.1) is 0 Å². The molecular formula is C18H18OSSi. The van der Waals surface area contributed by atoms with Crippen molar-refractivity contribution < 1.29 is 4.74 Å². The van der Waals surface area contributed by atoms with Gasteiger partial charge >= 0.3 is 0 Å². The van der Waals surface area contributed by atoms with E-state index in [4.69, 9.17) is 4.74 Å². The van der Waals surface area contributed by atoms with Crippen molar-refractivity contribution in [3.05, 3.63) is 72.1 Å². The highest BCUT2D eigenvalue weighted by Crippen LogP contribution is 2.13. The lowest BCUT2D eigenvalue weighted by atomic mass is 10.3. The maximum absolute atomic E-state index is 5.30. The zero-order valence-electron chi connectivity index (χ0n) is 12.2. The van der Waals surface area contributed by atoms with E-state index in [2.05, 4.69) is 78.7 Å². The molecule has 3 rings (SSSR count). The molecule has 0 spiro atoms. The minimum atomic E-state index is -1.90. The summed E-state index contributed by atoms with van der Waals surface area (Å²) in [5.74, 6) is 0.911. The van der Waals surface area contributed by atoms with Gasteiger partial charge in [-0.3, -0.25) is 0 Å². The molecule has 0 aliphatic rings. The topological polar surface area (TPSA) is 9.23 Å². The maximum atomic E-state index is 5.30. The predicted octanol–water partition coefficient (Wildman–Crippen LogP) is 2.86. The average molecular weight is 310 g/mol. The normalized spacial score (nSPS) is 13.6. The van der Waals surface area contributed by atoms with Crippen molar-refractivity contribution in [1.82, 2.24) is 0 Å². The number of thiophene rings is 1. The molecule has 1 atom stereocenters. The molecule has 0 bridgehead atoms. The van der Waals surface area contributed by atoms with E-state index in [1.807, 2.05) is 11.3 Å². The molecule has 106 valence electrons. The van der Waals surface area contributed by atoms with E-state index in [1.54, 1.807) is 7.11 Å². The van der Waals surface area contributed by atoms with Crippen LogP contribution >= 0.6 is 11.3 Å². The third kappa shape index (κ3) is 2.54. The van der Waals surface area contributed by atoms with Crippen molar-refractivity contribution in [2.45, 2.75) is 6.55 Å². The van der Waals surface area contributed by atoms with Crippen LogP contribution in [0.25, 0.3) is 0 Å². The molecule has 0 aliphatic carbocycles. The molecule has 0 saturated heterocycles. The van der Waals surface area contributed by atoms with Crippen LogP contribution in [-0.2, 0) is 0 Å². The van der Waals surface area contributed by atoms with Crippen LogP contribution in [0.1, 0.15) is 0 Å². The molecule has 0 radical (unpaired) electrons. The number of rotatable bonds is 4. The third-order valence-electron chi connectivity index (χ3n) is 4.03. The quantitative estimate of drug-likeness (QED) is 0.673. The molecule has 0 fully saturated rings. The minimum Gasteiger partial charge on any atom is -0.497 e. The summed E-state index contributed by atoms with van der Waals surface area (Å²) in [7, 11) is -0.188. The fourth-order valence-electron chi connectivity index (χ4n) is 2.71. The standard InChI is InChI=1S/C18H18OSSi/c1-19-15-10-12-17(13-11-15)21(2,18-9-6-14-20-18)16-7-4-3-5-8-16/h3-14H,1-2H3. The van der Waals surface area contributed by atoms with Gasteiger partial charge in [0, 0.05) is 4.50 Å². The fraction of sp³-hybridized carbons (Fsp3) is 0.111. The molecule has 3 aromatic rings. The number of ether oxygens (including phenoxy) is 1. The van der Waals surface area contributed by atoms with Gasteiger partial charge in [-0.1, -0.05) is 61.1 Å². The first kappa shape index (κ1) is 14.1. The lowest BCUT2D eigenvalue weighted by molar-refractivity contribution is 0.415. The van der Waals surface area contributed by atoms with Crippen LogP contribution in [0.5, 0.6) is 5.75 Å². The van der Waals surface area contributed by atoms with E-state index in [1.165, 1.54) is 14.9 Å². The second kappa shape index (κ2) is 5.88. The Labute approximate surface area is 130 Å². The molecule has 3 heteroatoms. The van der Waals surface area contributed by atoms with Crippen LogP contribution in [-0.4, -0.2) is 15.2 Å². The van der Waals surface area contributed by atoms with Crippen molar-refractivity contribution in [3.8, 4) is 5.75 Å². The van der Waals surface area contributed by atoms with E-state index < -0.39 is 8.07 Å². The molecule has 1 aromatic heterocycles. The predicted molar refractivity (Wildman–Crippen MR) is 94.3 cm³/mol. The largest absolute Gasteiger partial charge is 0.497 e. The lowest BCUT2D eigenvalue weighted by Gasteiger charge is -2.27. The van der Waals surface area contributed by atoms with Gasteiger partial charge in [0.25, 0.3) is 0 Å². The van der Waals surface area contributed by atoms with E-state index >= 15 is 0 Å². The summed E-state index contributed by atoms with van der Waals surface area (Å²) in [5.41, 5.74) is 0. The highest BCUT2D eigenvalue weighted by atomic mass is 32.1. The van der Waals surface area contributed by atoms with Crippen molar-refractivity contribution in [2.24, 2.45) is 0 Å². The van der Waals surface area contributed by atoms with Crippen LogP contribution in [0.4, 0.5) is 0 Å². The Kier molecular flexibility index (Phi) is 3.95. The van der Waals surface area contributed by atoms with Gasteiger partial charge < -0.3 is 4.74 Å². The van der Waals surface area contributed by atoms with Crippen molar-refractivity contribution >= 4 is 34.3 Å². The van der Waals surface area contributed by atoms with E-state index in [-0.39, 0.29) is 0 Å². The Bertz CT molecular complexity index is 692. The van der Waals surface area contributed by atoms with Gasteiger partial charge in [0.05, 0.1) is 7.11 Å². The molecule has 2 aromatic carbocycles. The van der Waals surface area contributed by atoms with Crippen molar-refractivity contribution in [2.75, 3.05) is 7.11 Å². The Morgan fingerprint density at radius 3 is 2.05 bits per heavy atom. The van der Waals surface area contributed by atoms with Crippen LogP contribution in [0.2, 0.25) is 6.55 Å². The summed E-state index contributed by atoms with van der Waals surface area (Å²) in [6.45, 7) is 2.43. The summed E-state index contributed by atoms with van der Waals surface area (Å²) in [6.07, 6.45) is 0. The minimum absolute atomic E-state index is 0.911. The maximum Gasteiger partial charge on any atom is 0.157 e. The number of hydrogen-bond acceptors (Lipinski definition) is 2. The molecule has 21 heavy (non-hydrogen) atoms. The first-order valence-electron chi connectivity index (χ1n) is 6.99. The highest BCUT2D eigenvalue weighted by molar-refractivity contribution is 7.31. The molecule has 1 unspecified atom stereocenters. The monoisotopic (exact) mass is 310 g/mol. The number of methoxy groups -OCH3 is 1. The second-order valence-corrected chi connectivity index (χ2v) is 10.5. The first-order valence-corrected chi connectivity index (χ1v) is 10.4. The van der Waals surface area contributed by atoms with E-state index in [0.29, 0.717) is 0 Å². The van der Waals surface area contributed by atoms with Crippen molar-refractivity contribution in [3.63, 3.8) is 0 Å². The van der Waals surface area contributed by atoms with Gasteiger partial charge in [0.2, 0.25) is 0 Å². The van der Waals surface area contributed by atoms with E-state index in [0.717, 1.165) is 5.75 Å². The summed E-state index contributed by atoms with van der Waals surface area (Å²) in [6, 6.07) is 23.9. The number of hydrogen-bond donors (Lipinski definition) is 0. The summed E-state index contributed by atoms with van der Waals surface area (Å²) in [4.78, 5) is 0. The molecule has 1 heterocycles. The average Bonchev–Trinajstić information content (AvgIpc) is 3.10. The number of benzene rings is 2. The van der Waals surface area contributed by atoms with Crippen molar-refractivity contribution in [1.29, 1.82) is 0 Å². The van der Waals surface area contributed by atoms with Crippen LogP contribution < -0.4 is 19.6 Å². The zero-order chi connectivity index (χ0) is 14.7. The van der Waals surface area contributed by atoms with Gasteiger partial charge in [-0.2, -0.15) is 11.3 Å². The zero-order valence-corrected chi connectivity index (χ0v) is 14.1. The highest BCUT2D eigenvalue weighted by Gasteiger charge is 2.34. The molecule has 0 aliphatic heterocycles. The Morgan fingerprint density at radius 2 is 1.48 bits per heavy atom. The van der Waals surface area contributed by atoms with E-state index in [9.17, 15) is 0 Å².